The van der Waals surface area contributed by atoms with Gasteiger partial charge in [-0.2, -0.15) is 4.98 Å². The van der Waals surface area contributed by atoms with Gasteiger partial charge < -0.3 is 15.1 Å². The van der Waals surface area contributed by atoms with Gasteiger partial charge in [-0.1, -0.05) is 12.1 Å². The molecule has 10 heteroatoms. The van der Waals surface area contributed by atoms with Crippen LogP contribution in [0.4, 0.5) is 32.3 Å². The van der Waals surface area contributed by atoms with Crippen molar-refractivity contribution in [2.45, 2.75) is 32.1 Å². The molecule has 1 aliphatic heterocycles. The summed E-state index contributed by atoms with van der Waals surface area (Å²) in [6, 6.07) is 10.1. The number of aromatic nitrogens is 5. The standard InChI is InChI=1S/C28H28F2N8/c29-23-7-5-22(25(30)15-23)13-19-16-31-27(32-17-19)37-9-11-38(12-10-37)28-34-18-33-26(36-28)35-24-8-6-20-3-1-2-4-21(20)14-24/h5-8,14-18H,1-4,9-13H2,(H,33,34,35,36). The fourth-order valence-corrected chi connectivity index (χ4v) is 5.03. The minimum Gasteiger partial charge on any atom is -0.337 e. The summed E-state index contributed by atoms with van der Waals surface area (Å²) in [6.45, 7) is 2.86. The molecule has 2 aliphatic rings. The Bertz CT molecular complexity index is 1420. The van der Waals surface area contributed by atoms with E-state index in [2.05, 4.69) is 58.2 Å². The molecule has 0 spiro atoms. The van der Waals surface area contributed by atoms with Crippen molar-refractivity contribution in [2.75, 3.05) is 41.3 Å². The number of halogens is 2. The Morgan fingerprint density at radius 2 is 1.50 bits per heavy atom. The summed E-state index contributed by atoms with van der Waals surface area (Å²) in [4.78, 5) is 26.6. The molecule has 6 rings (SSSR count). The molecule has 2 aromatic heterocycles. The van der Waals surface area contributed by atoms with Crippen LogP contribution < -0.4 is 15.1 Å². The van der Waals surface area contributed by atoms with Crippen molar-refractivity contribution in [3.63, 3.8) is 0 Å². The molecule has 0 atom stereocenters. The van der Waals surface area contributed by atoms with Crippen LogP contribution in [0.1, 0.15) is 35.1 Å². The minimum absolute atomic E-state index is 0.307. The number of nitrogens with zero attached hydrogens (tertiary/aromatic N) is 7. The summed E-state index contributed by atoms with van der Waals surface area (Å²) in [5, 5.41) is 3.34. The average Bonchev–Trinajstić information content (AvgIpc) is 2.95. The molecule has 38 heavy (non-hydrogen) atoms. The summed E-state index contributed by atoms with van der Waals surface area (Å²) >= 11 is 0. The Balaban J connectivity index is 1.06. The van der Waals surface area contributed by atoms with E-state index < -0.39 is 11.6 Å². The number of fused-ring (bicyclic) bond motifs is 1. The number of benzene rings is 2. The van der Waals surface area contributed by atoms with Crippen molar-refractivity contribution >= 4 is 23.5 Å². The smallest absolute Gasteiger partial charge is 0.231 e. The van der Waals surface area contributed by atoms with Gasteiger partial charge in [-0.15, -0.1) is 0 Å². The van der Waals surface area contributed by atoms with Gasteiger partial charge in [0.15, 0.2) is 0 Å². The van der Waals surface area contributed by atoms with E-state index in [1.165, 1.54) is 36.1 Å². The van der Waals surface area contributed by atoms with Crippen molar-refractivity contribution in [1.29, 1.82) is 0 Å². The predicted octanol–water partition coefficient (Wildman–Crippen LogP) is 4.48. The Morgan fingerprint density at radius 3 is 2.26 bits per heavy atom. The van der Waals surface area contributed by atoms with Crippen LogP contribution in [0.5, 0.6) is 0 Å². The molecule has 8 nitrogen and oxygen atoms in total. The van der Waals surface area contributed by atoms with E-state index in [0.29, 0.717) is 56.0 Å². The highest BCUT2D eigenvalue weighted by molar-refractivity contribution is 5.57. The zero-order chi connectivity index (χ0) is 25.9. The van der Waals surface area contributed by atoms with Crippen LogP contribution in [0.15, 0.2) is 55.1 Å². The second-order valence-electron chi connectivity index (χ2n) is 9.70. The normalized spacial score (nSPS) is 15.3. The van der Waals surface area contributed by atoms with Crippen molar-refractivity contribution in [1.82, 2.24) is 24.9 Å². The van der Waals surface area contributed by atoms with Gasteiger partial charge in [0, 0.05) is 56.7 Å². The van der Waals surface area contributed by atoms with E-state index in [9.17, 15) is 8.78 Å². The molecule has 0 bridgehead atoms. The Labute approximate surface area is 219 Å². The molecule has 0 unspecified atom stereocenters. The molecule has 0 amide bonds. The first kappa shape index (κ1) is 24.1. The van der Waals surface area contributed by atoms with Gasteiger partial charge in [0.25, 0.3) is 0 Å². The van der Waals surface area contributed by atoms with E-state index >= 15 is 0 Å². The third-order valence-corrected chi connectivity index (χ3v) is 7.11. The maximum Gasteiger partial charge on any atom is 0.231 e. The highest BCUT2D eigenvalue weighted by atomic mass is 19.1. The first-order valence-corrected chi connectivity index (χ1v) is 12.9. The Kier molecular flexibility index (Phi) is 6.76. The topological polar surface area (TPSA) is 83.0 Å². The zero-order valence-corrected chi connectivity index (χ0v) is 20.9. The van der Waals surface area contributed by atoms with Gasteiger partial charge in [0.05, 0.1) is 0 Å². The summed E-state index contributed by atoms with van der Waals surface area (Å²) in [6.07, 6.45) is 10.0. The molecule has 2 aromatic carbocycles. The maximum atomic E-state index is 14.0. The van der Waals surface area contributed by atoms with Crippen LogP contribution in [0.3, 0.4) is 0 Å². The average molecular weight is 515 g/mol. The van der Waals surface area contributed by atoms with Crippen LogP contribution in [-0.2, 0) is 19.3 Å². The van der Waals surface area contributed by atoms with E-state index in [1.807, 2.05) is 0 Å². The van der Waals surface area contributed by atoms with Gasteiger partial charge in [0.2, 0.25) is 17.8 Å². The van der Waals surface area contributed by atoms with Crippen LogP contribution in [0.25, 0.3) is 0 Å². The molecule has 1 fully saturated rings. The first-order valence-electron chi connectivity index (χ1n) is 12.9. The molecule has 4 aromatic rings. The highest BCUT2D eigenvalue weighted by Crippen LogP contribution is 2.26. The first-order chi connectivity index (χ1) is 18.6. The number of piperazine rings is 1. The van der Waals surface area contributed by atoms with E-state index in [0.717, 1.165) is 30.2 Å². The fourth-order valence-electron chi connectivity index (χ4n) is 5.03. The quantitative estimate of drug-likeness (QED) is 0.403. The number of rotatable bonds is 6. The van der Waals surface area contributed by atoms with Crippen molar-refractivity contribution in [3.05, 3.63) is 89.0 Å². The van der Waals surface area contributed by atoms with Gasteiger partial charge >= 0.3 is 0 Å². The Morgan fingerprint density at radius 1 is 0.763 bits per heavy atom. The SMILES string of the molecule is Fc1ccc(Cc2cnc(N3CCN(c4ncnc(Nc5ccc6c(c5)CCCC6)n4)CC3)nc2)c(F)c1. The third kappa shape index (κ3) is 5.39. The lowest BCUT2D eigenvalue weighted by atomic mass is 9.91. The molecular formula is C28H28F2N8. The summed E-state index contributed by atoms with van der Waals surface area (Å²) in [7, 11) is 0. The monoisotopic (exact) mass is 514 g/mol. The highest BCUT2D eigenvalue weighted by Gasteiger charge is 2.21. The minimum atomic E-state index is -0.587. The zero-order valence-electron chi connectivity index (χ0n) is 20.9. The van der Waals surface area contributed by atoms with Crippen LogP contribution >= 0.6 is 0 Å². The number of nitrogens with one attached hydrogen (secondary N) is 1. The van der Waals surface area contributed by atoms with Crippen molar-refractivity contribution < 1.29 is 8.78 Å². The van der Waals surface area contributed by atoms with Crippen molar-refractivity contribution in [2.24, 2.45) is 0 Å². The van der Waals surface area contributed by atoms with E-state index in [-0.39, 0.29) is 0 Å². The number of anilines is 4. The van der Waals surface area contributed by atoms with Gasteiger partial charge in [-0.3, -0.25) is 0 Å². The summed E-state index contributed by atoms with van der Waals surface area (Å²) in [5.41, 5.74) is 5.02. The van der Waals surface area contributed by atoms with Gasteiger partial charge in [-0.25, -0.2) is 28.7 Å². The largest absolute Gasteiger partial charge is 0.337 e. The molecule has 3 heterocycles. The van der Waals surface area contributed by atoms with E-state index in [1.54, 1.807) is 18.7 Å². The molecule has 0 saturated carbocycles. The lowest BCUT2D eigenvalue weighted by Crippen LogP contribution is -2.47. The number of aryl methyl sites for hydroxylation is 2. The molecule has 1 N–H and O–H groups in total. The summed E-state index contributed by atoms with van der Waals surface area (Å²) < 4.78 is 27.1. The van der Waals surface area contributed by atoms with Gasteiger partial charge in [0.1, 0.15) is 18.0 Å². The van der Waals surface area contributed by atoms with Gasteiger partial charge in [-0.05, 0) is 66.1 Å². The van der Waals surface area contributed by atoms with Crippen LogP contribution in [0.2, 0.25) is 0 Å². The lowest BCUT2D eigenvalue weighted by Gasteiger charge is -2.34. The second-order valence-corrected chi connectivity index (χ2v) is 9.70. The second kappa shape index (κ2) is 10.6. The van der Waals surface area contributed by atoms with E-state index in [4.69, 9.17) is 0 Å². The molecular weight excluding hydrogens is 486 g/mol. The molecule has 1 saturated heterocycles. The third-order valence-electron chi connectivity index (χ3n) is 7.11. The molecule has 194 valence electrons. The Hall–Kier alpha value is -4.21. The van der Waals surface area contributed by atoms with Crippen molar-refractivity contribution in [3.8, 4) is 0 Å². The maximum absolute atomic E-state index is 14.0. The fraction of sp³-hybridized carbons (Fsp3) is 0.321. The van der Waals surface area contributed by atoms with Crippen LogP contribution in [-0.4, -0.2) is 51.1 Å². The molecule has 0 radical (unpaired) electrons. The number of hydrogen-bond donors (Lipinski definition) is 1. The lowest BCUT2D eigenvalue weighted by molar-refractivity contribution is 0.574. The summed E-state index contributed by atoms with van der Waals surface area (Å²) in [5.74, 6) is 0.640. The van der Waals surface area contributed by atoms with Crippen LogP contribution in [0, 0.1) is 11.6 Å². The predicted molar refractivity (Wildman–Crippen MR) is 142 cm³/mol. The number of hydrogen-bond acceptors (Lipinski definition) is 8. The molecule has 1 aliphatic carbocycles.